The van der Waals surface area contributed by atoms with Gasteiger partial charge in [-0.25, -0.2) is 9.78 Å². The first kappa shape index (κ1) is 24.4. The fourth-order valence-electron chi connectivity index (χ4n) is 4.41. The van der Waals surface area contributed by atoms with Gasteiger partial charge in [-0.1, -0.05) is 6.07 Å². The van der Waals surface area contributed by atoms with Gasteiger partial charge in [0.2, 0.25) is 0 Å². The molecule has 1 N–H and O–H groups in total. The van der Waals surface area contributed by atoms with Gasteiger partial charge >= 0.3 is 5.97 Å². The van der Waals surface area contributed by atoms with Gasteiger partial charge in [-0.2, -0.15) is 0 Å². The molecular formula is C28H29N3O6. The summed E-state index contributed by atoms with van der Waals surface area (Å²) in [4.78, 5) is 31.2. The summed E-state index contributed by atoms with van der Waals surface area (Å²) in [6, 6.07) is 16.0. The highest BCUT2D eigenvalue weighted by atomic mass is 16.6. The lowest BCUT2D eigenvalue weighted by Gasteiger charge is -2.32. The number of esters is 1. The molecule has 3 aromatic rings. The summed E-state index contributed by atoms with van der Waals surface area (Å²) in [7, 11) is 1.37. The van der Waals surface area contributed by atoms with Crippen LogP contribution in [0.25, 0.3) is 0 Å². The maximum Gasteiger partial charge on any atom is 0.337 e. The highest BCUT2D eigenvalue weighted by molar-refractivity contribution is 6.04. The Balaban J connectivity index is 1.10. The Bertz CT molecular complexity index is 1260. The molecule has 192 valence electrons. The summed E-state index contributed by atoms with van der Waals surface area (Å²) in [6.07, 6.45) is 3.62. The van der Waals surface area contributed by atoms with Crippen LogP contribution in [0.1, 0.15) is 33.6 Å². The fraction of sp³-hybridized carbons (Fsp3) is 0.321. The monoisotopic (exact) mass is 503 g/mol. The van der Waals surface area contributed by atoms with E-state index < -0.39 is 0 Å². The van der Waals surface area contributed by atoms with Crippen molar-refractivity contribution in [1.82, 2.24) is 4.98 Å². The topological polar surface area (TPSA) is 99.2 Å². The SMILES string of the molecule is COC(=O)c1cccc(OCC2CCN(c3ccc(NC(=O)c4ccc5c(c4)OCCO5)cn3)CC2)c1. The Hall–Kier alpha value is -4.27. The van der Waals surface area contributed by atoms with E-state index in [1.165, 1.54) is 7.11 Å². The van der Waals surface area contributed by atoms with Gasteiger partial charge in [0, 0.05) is 18.7 Å². The zero-order valence-electron chi connectivity index (χ0n) is 20.6. The Labute approximate surface area is 215 Å². The Kier molecular flexibility index (Phi) is 7.39. The van der Waals surface area contributed by atoms with Crippen LogP contribution in [-0.2, 0) is 4.74 Å². The molecule has 1 amide bonds. The number of amides is 1. The Morgan fingerprint density at radius 2 is 1.81 bits per heavy atom. The van der Waals surface area contributed by atoms with E-state index in [2.05, 4.69) is 15.2 Å². The van der Waals surface area contributed by atoms with E-state index in [9.17, 15) is 9.59 Å². The number of pyridine rings is 1. The lowest BCUT2D eigenvalue weighted by molar-refractivity contribution is 0.0600. The molecule has 9 nitrogen and oxygen atoms in total. The number of hydrogen-bond donors (Lipinski definition) is 1. The summed E-state index contributed by atoms with van der Waals surface area (Å²) in [6.45, 7) is 3.31. The number of ether oxygens (including phenoxy) is 4. The number of nitrogens with zero attached hydrogens (tertiary/aromatic N) is 2. The largest absolute Gasteiger partial charge is 0.493 e. The van der Waals surface area contributed by atoms with E-state index in [-0.39, 0.29) is 11.9 Å². The van der Waals surface area contributed by atoms with E-state index in [4.69, 9.17) is 18.9 Å². The van der Waals surface area contributed by atoms with E-state index >= 15 is 0 Å². The van der Waals surface area contributed by atoms with Gasteiger partial charge in [-0.3, -0.25) is 4.79 Å². The number of benzene rings is 2. The number of rotatable bonds is 7. The van der Waals surface area contributed by atoms with Crippen LogP contribution in [0.3, 0.4) is 0 Å². The lowest BCUT2D eigenvalue weighted by Crippen LogP contribution is -2.36. The second kappa shape index (κ2) is 11.2. The second-order valence-corrected chi connectivity index (χ2v) is 8.98. The van der Waals surface area contributed by atoms with Gasteiger partial charge in [0.1, 0.15) is 24.8 Å². The first-order valence-electron chi connectivity index (χ1n) is 12.3. The van der Waals surface area contributed by atoms with Gasteiger partial charge in [0.15, 0.2) is 11.5 Å². The number of aromatic nitrogens is 1. The van der Waals surface area contributed by atoms with Gasteiger partial charge in [0.05, 0.1) is 31.2 Å². The predicted molar refractivity (Wildman–Crippen MR) is 138 cm³/mol. The molecule has 0 radical (unpaired) electrons. The molecule has 3 heterocycles. The minimum Gasteiger partial charge on any atom is -0.493 e. The summed E-state index contributed by atoms with van der Waals surface area (Å²) < 4.78 is 21.8. The number of nitrogens with one attached hydrogen (secondary N) is 1. The highest BCUT2D eigenvalue weighted by Gasteiger charge is 2.21. The number of anilines is 2. The summed E-state index contributed by atoms with van der Waals surface area (Å²) in [5.41, 5.74) is 1.60. The molecule has 0 spiro atoms. The van der Waals surface area contributed by atoms with Crippen LogP contribution in [0.2, 0.25) is 0 Å². The maximum absolute atomic E-state index is 12.7. The molecule has 5 rings (SSSR count). The minimum absolute atomic E-state index is 0.232. The number of piperidine rings is 1. The first-order valence-corrected chi connectivity index (χ1v) is 12.3. The number of fused-ring (bicyclic) bond motifs is 1. The van der Waals surface area contributed by atoms with Crippen LogP contribution in [0.4, 0.5) is 11.5 Å². The number of methoxy groups -OCH3 is 1. The van der Waals surface area contributed by atoms with Crippen LogP contribution >= 0.6 is 0 Å². The van der Waals surface area contributed by atoms with E-state index in [0.29, 0.717) is 59.8 Å². The maximum atomic E-state index is 12.7. The van der Waals surface area contributed by atoms with Crippen molar-refractivity contribution in [1.29, 1.82) is 0 Å². The molecule has 9 heteroatoms. The average molecular weight is 504 g/mol. The van der Waals surface area contributed by atoms with Gasteiger partial charge < -0.3 is 29.2 Å². The van der Waals surface area contributed by atoms with E-state index in [1.807, 2.05) is 18.2 Å². The third kappa shape index (κ3) is 5.94. The zero-order valence-corrected chi connectivity index (χ0v) is 20.6. The van der Waals surface area contributed by atoms with Gasteiger partial charge in [0.25, 0.3) is 5.91 Å². The lowest BCUT2D eigenvalue weighted by atomic mass is 9.98. The third-order valence-corrected chi connectivity index (χ3v) is 6.49. The quantitative estimate of drug-likeness (QED) is 0.480. The molecule has 0 atom stereocenters. The second-order valence-electron chi connectivity index (χ2n) is 8.98. The molecule has 0 unspecified atom stereocenters. The van der Waals surface area contributed by atoms with Gasteiger partial charge in [-0.15, -0.1) is 0 Å². The number of carbonyl (C=O) groups excluding carboxylic acids is 2. The molecule has 2 aliphatic heterocycles. The normalized spacial score (nSPS) is 15.1. The standard InChI is InChI=1S/C28H29N3O6/c1-34-28(33)21-3-2-4-23(15-21)37-18-19-9-11-31(12-10-19)26-8-6-22(17-29-26)30-27(32)20-5-7-24-25(16-20)36-14-13-35-24/h2-8,15-17,19H,9-14,18H2,1H3,(H,30,32). The van der Waals surface area contributed by atoms with Crippen molar-refractivity contribution in [2.75, 3.05) is 50.2 Å². The average Bonchev–Trinajstić information content (AvgIpc) is 2.96. The smallest absolute Gasteiger partial charge is 0.337 e. The zero-order chi connectivity index (χ0) is 25.6. The molecule has 0 bridgehead atoms. The van der Waals surface area contributed by atoms with Crippen molar-refractivity contribution in [2.24, 2.45) is 5.92 Å². The summed E-state index contributed by atoms with van der Waals surface area (Å²) >= 11 is 0. The first-order chi connectivity index (χ1) is 18.1. The molecule has 2 aliphatic rings. The molecule has 1 aromatic heterocycles. The van der Waals surface area contributed by atoms with E-state index in [0.717, 1.165) is 31.7 Å². The third-order valence-electron chi connectivity index (χ3n) is 6.49. The van der Waals surface area contributed by atoms with E-state index in [1.54, 1.807) is 42.6 Å². The molecular weight excluding hydrogens is 474 g/mol. The van der Waals surface area contributed by atoms with Crippen molar-refractivity contribution in [3.63, 3.8) is 0 Å². The van der Waals surface area contributed by atoms with Gasteiger partial charge in [-0.05, 0) is 67.3 Å². The van der Waals surface area contributed by atoms with Crippen molar-refractivity contribution in [2.45, 2.75) is 12.8 Å². The minimum atomic E-state index is -0.375. The van der Waals surface area contributed by atoms with Crippen LogP contribution < -0.4 is 24.4 Å². The highest BCUT2D eigenvalue weighted by Crippen LogP contribution is 2.31. The molecule has 1 fully saturated rings. The van der Waals surface area contributed by atoms with Crippen molar-refractivity contribution < 1.29 is 28.5 Å². The predicted octanol–water partition coefficient (Wildman–Crippen LogP) is 4.19. The molecule has 1 saturated heterocycles. The molecule has 2 aromatic carbocycles. The Morgan fingerprint density at radius 1 is 1.00 bits per heavy atom. The molecule has 0 aliphatic carbocycles. The van der Waals surface area contributed by atoms with Crippen LogP contribution in [0.15, 0.2) is 60.8 Å². The van der Waals surface area contributed by atoms with Crippen molar-refractivity contribution >= 4 is 23.4 Å². The summed E-state index contributed by atoms with van der Waals surface area (Å²) in [5, 5.41) is 2.89. The van der Waals surface area contributed by atoms with Crippen LogP contribution in [0, 0.1) is 5.92 Å². The summed E-state index contributed by atoms with van der Waals surface area (Å²) in [5.74, 6) is 2.59. The van der Waals surface area contributed by atoms with Crippen molar-refractivity contribution in [3.05, 3.63) is 71.9 Å². The number of carbonyl (C=O) groups is 2. The Morgan fingerprint density at radius 3 is 2.57 bits per heavy atom. The van der Waals surface area contributed by atoms with Crippen LogP contribution in [0.5, 0.6) is 17.2 Å². The van der Waals surface area contributed by atoms with Crippen molar-refractivity contribution in [3.8, 4) is 17.2 Å². The fourth-order valence-corrected chi connectivity index (χ4v) is 4.41. The number of hydrogen-bond acceptors (Lipinski definition) is 8. The molecule has 0 saturated carbocycles. The van der Waals surface area contributed by atoms with Crippen LogP contribution in [-0.4, -0.2) is 56.9 Å². The molecule has 37 heavy (non-hydrogen) atoms.